The average Bonchev–Trinajstić information content (AvgIpc) is 2.25. The molecule has 1 rings (SSSR count). The molecule has 3 heteroatoms. The van der Waals surface area contributed by atoms with E-state index in [2.05, 4.69) is 23.8 Å². The molecule has 1 atom stereocenters. The SMILES string of the molecule is CC.CCCC(O)CN1CCN(C)CC1. The molecule has 1 heterocycles. The fourth-order valence-electron chi connectivity index (χ4n) is 1.75. The van der Waals surface area contributed by atoms with Gasteiger partial charge in [0, 0.05) is 32.7 Å². The fourth-order valence-corrected chi connectivity index (χ4v) is 1.75. The van der Waals surface area contributed by atoms with Crippen LogP contribution in [0.5, 0.6) is 0 Å². The van der Waals surface area contributed by atoms with Gasteiger partial charge in [0.05, 0.1) is 6.10 Å². The summed E-state index contributed by atoms with van der Waals surface area (Å²) in [6, 6.07) is 0. The standard InChI is InChI=1S/C10H22N2O.C2H6/c1-3-4-10(13)9-12-7-5-11(2)6-8-12;1-2/h10,13H,3-9H2,1-2H3;1-2H3. The summed E-state index contributed by atoms with van der Waals surface area (Å²) in [5.74, 6) is 0. The van der Waals surface area contributed by atoms with Crippen LogP contribution in [0.15, 0.2) is 0 Å². The van der Waals surface area contributed by atoms with Gasteiger partial charge in [-0.3, -0.25) is 4.90 Å². The Morgan fingerprint density at radius 2 is 1.67 bits per heavy atom. The summed E-state index contributed by atoms with van der Waals surface area (Å²) < 4.78 is 0. The summed E-state index contributed by atoms with van der Waals surface area (Å²) in [7, 11) is 2.15. The van der Waals surface area contributed by atoms with E-state index in [-0.39, 0.29) is 6.10 Å². The first kappa shape index (κ1) is 14.9. The van der Waals surface area contributed by atoms with E-state index in [0.29, 0.717) is 0 Å². The molecule has 0 radical (unpaired) electrons. The second-order valence-electron chi connectivity index (χ2n) is 4.05. The van der Waals surface area contributed by atoms with Crippen LogP contribution in [0.2, 0.25) is 0 Å². The van der Waals surface area contributed by atoms with Crippen molar-refractivity contribution < 1.29 is 5.11 Å². The van der Waals surface area contributed by atoms with Gasteiger partial charge in [-0.15, -0.1) is 0 Å². The maximum atomic E-state index is 9.61. The van der Waals surface area contributed by atoms with Gasteiger partial charge < -0.3 is 10.0 Å². The fraction of sp³-hybridized carbons (Fsp3) is 1.00. The van der Waals surface area contributed by atoms with Crippen LogP contribution in [0.1, 0.15) is 33.6 Å². The Balaban J connectivity index is 0.000000921. The van der Waals surface area contributed by atoms with E-state index in [1.165, 1.54) is 0 Å². The molecule has 1 aliphatic heterocycles. The minimum atomic E-state index is -0.117. The predicted molar refractivity (Wildman–Crippen MR) is 66.2 cm³/mol. The van der Waals surface area contributed by atoms with E-state index in [9.17, 15) is 5.11 Å². The van der Waals surface area contributed by atoms with Gasteiger partial charge in [-0.1, -0.05) is 27.2 Å². The lowest BCUT2D eigenvalue weighted by Crippen LogP contribution is -2.46. The molecule has 1 N–H and O–H groups in total. The molecule has 1 unspecified atom stereocenters. The smallest absolute Gasteiger partial charge is 0.0667 e. The lowest BCUT2D eigenvalue weighted by Gasteiger charge is -2.33. The molecule has 1 saturated heterocycles. The highest BCUT2D eigenvalue weighted by Gasteiger charge is 2.15. The average molecular weight is 216 g/mol. The molecule has 92 valence electrons. The molecular formula is C12H28N2O. The number of β-amino-alcohol motifs (C(OH)–C–C–N with tert-alkyl or cyclic N) is 1. The van der Waals surface area contributed by atoms with E-state index in [1.54, 1.807) is 0 Å². The van der Waals surface area contributed by atoms with Crippen LogP contribution in [0.25, 0.3) is 0 Å². The van der Waals surface area contributed by atoms with Crippen LogP contribution in [0, 0.1) is 0 Å². The molecule has 3 nitrogen and oxygen atoms in total. The molecule has 0 bridgehead atoms. The molecule has 0 aromatic heterocycles. The van der Waals surface area contributed by atoms with Crippen molar-refractivity contribution in [1.29, 1.82) is 0 Å². The van der Waals surface area contributed by atoms with Gasteiger partial charge in [0.15, 0.2) is 0 Å². The summed E-state index contributed by atoms with van der Waals surface area (Å²) >= 11 is 0. The van der Waals surface area contributed by atoms with Gasteiger partial charge in [0.1, 0.15) is 0 Å². The highest BCUT2D eigenvalue weighted by atomic mass is 16.3. The summed E-state index contributed by atoms with van der Waals surface area (Å²) in [4.78, 5) is 4.70. The molecule has 0 amide bonds. The van der Waals surface area contributed by atoms with Crippen molar-refractivity contribution in [2.75, 3.05) is 39.8 Å². The Hall–Kier alpha value is -0.120. The molecule has 0 spiro atoms. The number of hydrogen-bond donors (Lipinski definition) is 1. The maximum absolute atomic E-state index is 9.61. The first-order valence-corrected chi connectivity index (χ1v) is 6.31. The first-order chi connectivity index (χ1) is 7.22. The third kappa shape index (κ3) is 6.88. The molecule has 0 saturated carbocycles. The van der Waals surface area contributed by atoms with Gasteiger partial charge in [-0.2, -0.15) is 0 Å². The highest BCUT2D eigenvalue weighted by molar-refractivity contribution is 4.71. The van der Waals surface area contributed by atoms with Gasteiger partial charge in [-0.05, 0) is 13.5 Å². The molecule has 0 aromatic carbocycles. The summed E-state index contributed by atoms with van der Waals surface area (Å²) in [5, 5.41) is 9.61. The monoisotopic (exact) mass is 216 g/mol. The van der Waals surface area contributed by atoms with Crippen molar-refractivity contribution in [3.05, 3.63) is 0 Å². The van der Waals surface area contributed by atoms with Crippen molar-refractivity contribution in [3.8, 4) is 0 Å². The Morgan fingerprint density at radius 3 is 2.13 bits per heavy atom. The molecule has 1 fully saturated rings. The lowest BCUT2D eigenvalue weighted by molar-refractivity contribution is 0.0755. The quantitative estimate of drug-likeness (QED) is 0.770. The van der Waals surface area contributed by atoms with E-state index < -0.39 is 0 Å². The number of piperazine rings is 1. The number of hydrogen-bond acceptors (Lipinski definition) is 3. The van der Waals surface area contributed by atoms with Gasteiger partial charge in [0.25, 0.3) is 0 Å². The van der Waals surface area contributed by atoms with Crippen molar-refractivity contribution in [3.63, 3.8) is 0 Å². The van der Waals surface area contributed by atoms with Crippen LogP contribution >= 0.6 is 0 Å². The summed E-state index contributed by atoms with van der Waals surface area (Å²) in [6.45, 7) is 11.5. The maximum Gasteiger partial charge on any atom is 0.0667 e. The summed E-state index contributed by atoms with van der Waals surface area (Å²) in [6.07, 6.45) is 1.90. The first-order valence-electron chi connectivity index (χ1n) is 6.31. The number of likely N-dealkylation sites (N-methyl/N-ethyl adjacent to an activating group) is 1. The van der Waals surface area contributed by atoms with E-state index in [4.69, 9.17) is 0 Å². The van der Waals surface area contributed by atoms with Crippen LogP contribution in [0.3, 0.4) is 0 Å². The molecule has 1 aliphatic rings. The van der Waals surface area contributed by atoms with E-state index >= 15 is 0 Å². The second kappa shape index (κ2) is 9.13. The second-order valence-corrected chi connectivity index (χ2v) is 4.05. The van der Waals surface area contributed by atoms with Crippen molar-refractivity contribution in [2.24, 2.45) is 0 Å². The largest absolute Gasteiger partial charge is 0.392 e. The Kier molecular flexibility index (Phi) is 9.06. The van der Waals surface area contributed by atoms with Crippen molar-refractivity contribution in [1.82, 2.24) is 9.80 Å². The lowest BCUT2D eigenvalue weighted by atomic mass is 10.2. The van der Waals surface area contributed by atoms with E-state index in [0.717, 1.165) is 45.6 Å². The number of aliphatic hydroxyl groups is 1. The predicted octanol–water partition coefficient (Wildman–Crippen LogP) is 1.42. The zero-order valence-corrected chi connectivity index (χ0v) is 10.9. The Morgan fingerprint density at radius 1 is 1.13 bits per heavy atom. The van der Waals surface area contributed by atoms with Gasteiger partial charge in [-0.25, -0.2) is 0 Å². The minimum Gasteiger partial charge on any atom is -0.392 e. The Bertz CT molecular complexity index is 134. The van der Waals surface area contributed by atoms with Crippen LogP contribution in [-0.2, 0) is 0 Å². The molecule has 0 aromatic rings. The highest BCUT2D eigenvalue weighted by Crippen LogP contribution is 2.03. The summed E-state index contributed by atoms with van der Waals surface area (Å²) in [5.41, 5.74) is 0. The normalized spacial score (nSPS) is 20.6. The number of rotatable bonds is 4. The zero-order chi connectivity index (χ0) is 11.7. The Labute approximate surface area is 95.1 Å². The number of aliphatic hydroxyl groups excluding tert-OH is 1. The van der Waals surface area contributed by atoms with Crippen molar-refractivity contribution >= 4 is 0 Å². The van der Waals surface area contributed by atoms with E-state index in [1.807, 2.05) is 13.8 Å². The third-order valence-electron chi connectivity index (χ3n) is 2.69. The molecule has 15 heavy (non-hydrogen) atoms. The topological polar surface area (TPSA) is 26.7 Å². The minimum absolute atomic E-state index is 0.117. The van der Waals surface area contributed by atoms with Gasteiger partial charge >= 0.3 is 0 Å². The molecule has 0 aliphatic carbocycles. The zero-order valence-electron chi connectivity index (χ0n) is 10.9. The van der Waals surface area contributed by atoms with Crippen LogP contribution in [-0.4, -0.2) is 60.8 Å². The third-order valence-corrected chi connectivity index (χ3v) is 2.69. The molecular weight excluding hydrogens is 188 g/mol. The van der Waals surface area contributed by atoms with Crippen LogP contribution in [0.4, 0.5) is 0 Å². The van der Waals surface area contributed by atoms with Crippen molar-refractivity contribution in [2.45, 2.75) is 39.7 Å². The number of nitrogens with zero attached hydrogens (tertiary/aromatic N) is 2. The van der Waals surface area contributed by atoms with Crippen LogP contribution < -0.4 is 0 Å². The van der Waals surface area contributed by atoms with Gasteiger partial charge in [0.2, 0.25) is 0 Å².